The van der Waals surface area contributed by atoms with Crippen LogP contribution in [-0.4, -0.2) is 55.8 Å². The van der Waals surface area contributed by atoms with Gasteiger partial charge in [-0.1, -0.05) is 6.07 Å². The molecule has 2 aromatic carbocycles. The second-order valence-corrected chi connectivity index (χ2v) is 9.81. The zero-order chi connectivity index (χ0) is 34.1. The highest BCUT2D eigenvalue weighted by Crippen LogP contribution is 2.55. The van der Waals surface area contributed by atoms with Crippen LogP contribution >= 0.6 is 15.9 Å². The van der Waals surface area contributed by atoms with Gasteiger partial charge in [-0.05, 0) is 52.3 Å². The molecular formula is C27H19BrF9N3O5. The Bertz CT molecular complexity index is 1590. The molecule has 0 aliphatic rings. The van der Waals surface area contributed by atoms with Crippen molar-refractivity contribution in [2.24, 2.45) is 0 Å². The fourth-order valence-corrected chi connectivity index (χ4v) is 4.77. The van der Waals surface area contributed by atoms with Crippen molar-refractivity contribution in [3.05, 3.63) is 76.0 Å². The first-order chi connectivity index (χ1) is 20.8. The maximum Gasteiger partial charge on any atom is 0.435 e. The van der Waals surface area contributed by atoms with Crippen LogP contribution in [-0.2, 0) is 10.5 Å². The Balaban J connectivity index is 2.25. The van der Waals surface area contributed by atoms with Gasteiger partial charge in [0, 0.05) is 42.0 Å². The number of benzene rings is 2. The molecule has 3 rings (SSSR count). The van der Waals surface area contributed by atoms with Gasteiger partial charge >= 0.3 is 24.6 Å². The van der Waals surface area contributed by atoms with E-state index in [2.05, 4.69) is 25.7 Å². The van der Waals surface area contributed by atoms with E-state index in [1.807, 2.05) is 0 Å². The minimum absolute atomic E-state index is 0.0512. The summed E-state index contributed by atoms with van der Waals surface area (Å²) in [6, 6.07) is 5.98. The smallest absolute Gasteiger partial charge is 0.435 e. The molecule has 0 saturated carbocycles. The fraction of sp³-hybridized carbons (Fsp3) is 0.259. The van der Waals surface area contributed by atoms with Crippen molar-refractivity contribution in [3.8, 4) is 11.5 Å². The molecule has 0 bridgehead atoms. The topological polar surface area (TPSA) is 89.0 Å². The first-order valence-corrected chi connectivity index (χ1v) is 12.9. The van der Waals surface area contributed by atoms with Crippen molar-refractivity contribution < 1.29 is 63.4 Å². The van der Waals surface area contributed by atoms with E-state index in [1.54, 1.807) is 0 Å². The van der Waals surface area contributed by atoms with Crippen LogP contribution < -0.4 is 19.3 Å². The molecule has 3 aromatic rings. The average molecular weight is 716 g/mol. The van der Waals surface area contributed by atoms with Crippen LogP contribution in [0.5, 0.6) is 11.5 Å². The van der Waals surface area contributed by atoms with Crippen LogP contribution in [0.15, 0.2) is 59.3 Å². The largest absolute Gasteiger partial charge is 0.494 e. The number of methoxy groups -OCH3 is 1. The summed E-state index contributed by atoms with van der Waals surface area (Å²) in [4.78, 5) is 44.5. The zero-order valence-electron chi connectivity index (χ0n) is 22.9. The van der Waals surface area contributed by atoms with E-state index in [0.717, 1.165) is 18.1 Å². The van der Waals surface area contributed by atoms with Gasteiger partial charge < -0.3 is 14.4 Å². The molecule has 0 spiro atoms. The van der Waals surface area contributed by atoms with Crippen molar-refractivity contribution in [1.82, 2.24) is 4.98 Å². The van der Waals surface area contributed by atoms with Crippen molar-refractivity contribution in [3.63, 3.8) is 0 Å². The van der Waals surface area contributed by atoms with Crippen molar-refractivity contribution in [1.29, 1.82) is 0 Å². The van der Waals surface area contributed by atoms with Crippen LogP contribution in [0.2, 0.25) is 0 Å². The SMILES string of the molecule is COc1c(C(=O)N(C(C)=O)c2c(Br)cc(C(F)(C(F)(F)F)C(F)(F)F)cc2OC(F)F)cccc1N(C)C(=O)c1ccncc1. The number of anilines is 2. The number of imide groups is 1. The highest BCUT2D eigenvalue weighted by Gasteiger charge is 2.73. The van der Waals surface area contributed by atoms with E-state index in [9.17, 15) is 53.9 Å². The predicted octanol–water partition coefficient (Wildman–Crippen LogP) is 7.21. The minimum Gasteiger partial charge on any atom is -0.494 e. The minimum atomic E-state index is -6.63. The van der Waals surface area contributed by atoms with Crippen LogP contribution in [0.25, 0.3) is 0 Å². The highest BCUT2D eigenvalue weighted by molar-refractivity contribution is 9.10. The molecule has 1 aromatic heterocycles. The van der Waals surface area contributed by atoms with E-state index in [4.69, 9.17) is 4.74 Å². The normalized spacial score (nSPS) is 12.1. The number of para-hydroxylation sites is 1. The van der Waals surface area contributed by atoms with Gasteiger partial charge in [0.25, 0.3) is 11.8 Å². The van der Waals surface area contributed by atoms with Gasteiger partial charge in [0.15, 0.2) is 11.5 Å². The fourth-order valence-electron chi connectivity index (χ4n) is 4.16. The number of nitrogens with zero attached hydrogens (tertiary/aromatic N) is 3. The van der Waals surface area contributed by atoms with E-state index in [-0.39, 0.29) is 34.0 Å². The molecule has 242 valence electrons. The van der Waals surface area contributed by atoms with E-state index < -0.39 is 69.4 Å². The van der Waals surface area contributed by atoms with Gasteiger partial charge in [-0.3, -0.25) is 19.4 Å². The summed E-state index contributed by atoms with van der Waals surface area (Å²) in [7, 11) is 2.37. The molecule has 0 radical (unpaired) electrons. The molecule has 0 unspecified atom stereocenters. The summed E-state index contributed by atoms with van der Waals surface area (Å²) in [6.45, 7) is -3.21. The lowest BCUT2D eigenvalue weighted by molar-refractivity contribution is -0.348. The number of pyridine rings is 1. The first kappa shape index (κ1) is 35.1. The number of hydrogen-bond acceptors (Lipinski definition) is 6. The quantitative estimate of drug-likeness (QED) is 0.229. The molecule has 0 saturated heterocycles. The van der Waals surface area contributed by atoms with Crippen LogP contribution in [0.3, 0.4) is 0 Å². The predicted molar refractivity (Wildman–Crippen MR) is 143 cm³/mol. The molecular weight excluding hydrogens is 697 g/mol. The first-order valence-electron chi connectivity index (χ1n) is 12.1. The number of alkyl halides is 9. The number of aromatic nitrogens is 1. The van der Waals surface area contributed by atoms with E-state index in [1.165, 1.54) is 43.7 Å². The van der Waals surface area contributed by atoms with Gasteiger partial charge in [-0.15, -0.1) is 0 Å². The molecule has 1 heterocycles. The number of rotatable bonds is 8. The van der Waals surface area contributed by atoms with E-state index in [0.29, 0.717) is 6.92 Å². The molecule has 8 nitrogen and oxygen atoms in total. The van der Waals surface area contributed by atoms with Gasteiger partial charge in [0.2, 0.25) is 5.91 Å². The second-order valence-electron chi connectivity index (χ2n) is 8.95. The maximum atomic E-state index is 14.8. The van der Waals surface area contributed by atoms with Gasteiger partial charge in [-0.2, -0.15) is 35.1 Å². The van der Waals surface area contributed by atoms with Crippen LogP contribution in [0.4, 0.5) is 50.9 Å². The van der Waals surface area contributed by atoms with Gasteiger partial charge in [-0.25, -0.2) is 9.29 Å². The number of ether oxygens (including phenoxy) is 2. The molecule has 0 N–H and O–H groups in total. The molecule has 3 amide bonds. The third-order valence-corrected chi connectivity index (χ3v) is 6.79. The Morgan fingerprint density at radius 1 is 0.911 bits per heavy atom. The Hall–Kier alpha value is -4.35. The molecule has 0 fully saturated rings. The number of halogens is 10. The zero-order valence-corrected chi connectivity index (χ0v) is 24.5. The lowest BCUT2D eigenvalue weighted by atomic mass is 9.93. The third kappa shape index (κ3) is 6.69. The summed E-state index contributed by atoms with van der Waals surface area (Å²) in [6.07, 6.45) is -10.6. The standard InChI is InChI=1S/C27H19BrF9N3O5/c1-13(41)40(20-17(28)11-15(12-19(20)45-24(29)30)25(31,26(32,33)34)27(35,36)37)23(43)16-5-4-6-18(21(16)44-3)39(2)22(42)14-7-9-38-10-8-14/h4-12,24H,1-3H3. The van der Waals surface area contributed by atoms with Crippen LogP contribution in [0, 0.1) is 0 Å². The summed E-state index contributed by atoms with van der Waals surface area (Å²) in [5.41, 5.74) is -9.79. The Labute approximate surface area is 256 Å². The Morgan fingerprint density at radius 2 is 1.49 bits per heavy atom. The molecule has 0 atom stereocenters. The Morgan fingerprint density at radius 3 is 1.98 bits per heavy atom. The molecule has 45 heavy (non-hydrogen) atoms. The third-order valence-electron chi connectivity index (χ3n) is 6.19. The van der Waals surface area contributed by atoms with E-state index >= 15 is 0 Å². The number of hydrogen-bond donors (Lipinski definition) is 0. The summed E-state index contributed by atoms with van der Waals surface area (Å²) < 4.78 is 131. The van der Waals surface area contributed by atoms with Crippen molar-refractivity contribution in [2.75, 3.05) is 24.0 Å². The number of carbonyl (C=O) groups excluding carboxylic acids is 3. The van der Waals surface area contributed by atoms with Crippen LogP contribution in [0.1, 0.15) is 33.2 Å². The van der Waals surface area contributed by atoms with Gasteiger partial charge in [0.05, 0.1) is 18.4 Å². The Kier molecular flexibility index (Phi) is 10.1. The average Bonchev–Trinajstić information content (AvgIpc) is 2.95. The summed E-state index contributed by atoms with van der Waals surface area (Å²) >= 11 is 2.58. The lowest BCUT2D eigenvalue weighted by Gasteiger charge is -2.32. The monoisotopic (exact) mass is 715 g/mol. The summed E-state index contributed by atoms with van der Waals surface area (Å²) in [5, 5.41) is 0. The van der Waals surface area contributed by atoms with Crippen molar-refractivity contribution in [2.45, 2.75) is 31.6 Å². The second kappa shape index (κ2) is 12.9. The lowest BCUT2D eigenvalue weighted by Crippen LogP contribution is -2.50. The van der Waals surface area contributed by atoms with Gasteiger partial charge in [0.1, 0.15) is 5.69 Å². The van der Waals surface area contributed by atoms with Crippen molar-refractivity contribution >= 4 is 45.0 Å². The molecule has 18 heteroatoms. The number of amides is 3. The molecule has 0 aliphatic carbocycles. The molecule has 0 aliphatic heterocycles. The maximum absolute atomic E-state index is 14.8. The summed E-state index contributed by atoms with van der Waals surface area (Å²) in [5.74, 6) is -5.25. The number of carbonyl (C=O) groups is 3. The highest BCUT2D eigenvalue weighted by atomic mass is 79.9.